The molecule has 0 saturated heterocycles. The van der Waals surface area contributed by atoms with Crippen LogP contribution < -0.4 is 10.6 Å². The number of pyridine rings is 1. The third kappa shape index (κ3) is 4.38. The van der Waals surface area contributed by atoms with Gasteiger partial charge in [-0.25, -0.2) is 0 Å². The monoisotopic (exact) mass is 272 g/mol. The molecule has 0 aromatic carbocycles. The molecular weight excluding hydrogens is 252 g/mol. The summed E-state index contributed by atoms with van der Waals surface area (Å²) in [7, 11) is 3.68. The zero-order valence-corrected chi connectivity index (χ0v) is 11.9. The van der Waals surface area contributed by atoms with Gasteiger partial charge < -0.3 is 10.6 Å². The van der Waals surface area contributed by atoms with Crippen molar-refractivity contribution in [3.8, 4) is 0 Å². The molecule has 106 valence electrons. The molecule has 2 heterocycles. The van der Waals surface area contributed by atoms with Gasteiger partial charge in [-0.3, -0.25) is 14.7 Å². The molecule has 2 aromatic rings. The number of hydrogen-bond donors (Lipinski definition) is 2. The highest BCUT2D eigenvalue weighted by atomic mass is 15.2. The number of aromatic nitrogens is 3. The topological polar surface area (TPSA) is 67.1 Å². The van der Waals surface area contributed by atoms with E-state index in [1.165, 1.54) is 5.56 Å². The van der Waals surface area contributed by atoms with E-state index in [1.807, 2.05) is 42.3 Å². The normalized spacial score (nSPS) is 11.4. The number of nitrogens with zero attached hydrogens (tertiary/aromatic N) is 4. The molecule has 0 bridgehead atoms. The van der Waals surface area contributed by atoms with E-state index in [0.717, 1.165) is 24.6 Å². The molecule has 0 aliphatic carbocycles. The van der Waals surface area contributed by atoms with E-state index < -0.39 is 0 Å². The highest BCUT2D eigenvalue weighted by molar-refractivity contribution is 5.79. The number of nitrogens with one attached hydrogen (secondary N) is 2. The van der Waals surface area contributed by atoms with E-state index in [4.69, 9.17) is 0 Å². The van der Waals surface area contributed by atoms with Gasteiger partial charge in [0.25, 0.3) is 0 Å². The Kier molecular flexibility index (Phi) is 5.11. The van der Waals surface area contributed by atoms with E-state index in [0.29, 0.717) is 6.54 Å². The van der Waals surface area contributed by atoms with Crippen molar-refractivity contribution in [1.82, 2.24) is 25.4 Å². The van der Waals surface area contributed by atoms with Gasteiger partial charge >= 0.3 is 0 Å². The van der Waals surface area contributed by atoms with Crippen LogP contribution in [0.5, 0.6) is 0 Å². The minimum Gasteiger partial charge on any atom is -0.356 e. The average molecular weight is 272 g/mol. The Morgan fingerprint density at radius 1 is 1.35 bits per heavy atom. The average Bonchev–Trinajstić information content (AvgIpc) is 2.89. The quantitative estimate of drug-likeness (QED) is 0.622. The standard InChI is InChI=1S/C14H20N6/c1-15-14(18-10-13-5-3-4-7-16-13)17-8-6-12-9-19-20(2)11-12/h3-5,7,9,11H,6,8,10H2,1-2H3,(H2,15,17,18). The van der Waals surface area contributed by atoms with Gasteiger partial charge in [0, 0.05) is 33.0 Å². The lowest BCUT2D eigenvalue weighted by atomic mass is 10.2. The summed E-state index contributed by atoms with van der Waals surface area (Å²) in [6, 6.07) is 5.86. The fraction of sp³-hybridized carbons (Fsp3) is 0.357. The van der Waals surface area contributed by atoms with Crippen molar-refractivity contribution in [2.45, 2.75) is 13.0 Å². The van der Waals surface area contributed by atoms with Crippen LogP contribution in [0.1, 0.15) is 11.3 Å². The van der Waals surface area contributed by atoms with Crippen LogP contribution in [0.4, 0.5) is 0 Å². The Balaban J connectivity index is 1.73. The molecule has 0 aliphatic heterocycles. The van der Waals surface area contributed by atoms with Crippen LogP contribution in [0.2, 0.25) is 0 Å². The SMILES string of the molecule is CN=C(NCCc1cnn(C)c1)NCc1ccccn1. The first-order chi connectivity index (χ1) is 9.78. The van der Waals surface area contributed by atoms with Crippen molar-refractivity contribution in [3.63, 3.8) is 0 Å². The van der Waals surface area contributed by atoms with Gasteiger partial charge in [-0.2, -0.15) is 5.10 Å². The first-order valence-electron chi connectivity index (χ1n) is 6.60. The van der Waals surface area contributed by atoms with E-state index >= 15 is 0 Å². The van der Waals surface area contributed by atoms with Crippen molar-refractivity contribution >= 4 is 5.96 Å². The second-order valence-corrected chi connectivity index (χ2v) is 4.45. The van der Waals surface area contributed by atoms with Crippen LogP contribution in [0.3, 0.4) is 0 Å². The highest BCUT2D eigenvalue weighted by Crippen LogP contribution is 1.96. The number of guanidine groups is 1. The second kappa shape index (κ2) is 7.28. The summed E-state index contributed by atoms with van der Waals surface area (Å²) in [6.07, 6.45) is 6.60. The molecule has 0 atom stereocenters. The lowest BCUT2D eigenvalue weighted by Gasteiger charge is -2.11. The molecule has 0 unspecified atom stereocenters. The molecular formula is C14H20N6. The fourth-order valence-corrected chi connectivity index (χ4v) is 1.82. The van der Waals surface area contributed by atoms with Gasteiger partial charge in [-0.15, -0.1) is 0 Å². The summed E-state index contributed by atoms with van der Waals surface area (Å²) in [5, 5.41) is 10.6. The second-order valence-electron chi connectivity index (χ2n) is 4.45. The van der Waals surface area contributed by atoms with Crippen molar-refractivity contribution in [3.05, 3.63) is 48.0 Å². The van der Waals surface area contributed by atoms with Gasteiger partial charge in [-0.05, 0) is 24.1 Å². The summed E-state index contributed by atoms with van der Waals surface area (Å²) in [5.74, 6) is 0.777. The Hall–Kier alpha value is -2.37. The zero-order valence-electron chi connectivity index (χ0n) is 11.9. The molecule has 0 fully saturated rings. The molecule has 0 radical (unpaired) electrons. The number of aryl methyl sites for hydroxylation is 1. The van der Waals surface area contributed by atoms with Crippen LogP contribution in [-0.2, 0) is 20.0 Å². The van der Waals surface area contributed by atoms with Crippen molar-refractivity contribution in [2.24, 2.45) is 12.0 Å². The Morgan fingerprint density at radius 3 is 2.90 bits per heavy atom. The smallest absolute Gasteiger partial charge is 0.191 e. The Labute approximate surface area is 119 Å². The molecule has 2 rings (SSSR count). The lowest BCUT2D eigenvalue weighted by Crippen LogP contribution is -2.38. The molecule has 2 N–H and O–H groups in total. The molecule has 0 aliphatic rings. The van der Waals surface area contributed by atoms with Gasteiger partial charge in [0.05, 0.1) is 18.4 Å². The summed E-state index contributed by atoms with van der Waals surface area (Å²) in [4.78, 5) is 8.44. The number of aliphatic imine (C=N–C) groups is 1. The van der Waals surface area contributed by atoms with Crippen molar-refractivity contribution in [2.75, 3.05) is 13.6 Å². The van der Waals surface area contributed by atoms with Crippen LogP contribution in [0, 0.1) is 0 Å². The summed E-state index contributed by atoms with van der Waals surface area (Å²) in [5.41, 5.74) is 2.20. The first-order valence-corrected chi connectivity index (χ1v) is 6.60. The number of hydrogen-bond acceptors (Lipinski definition) is 3. The third-order valence-electron chi connectivity index (χ3n) is 2.85. The maximum Gasteiger partial charge on any atom is 0.191 e. The first kappa shape index (κ1) is 14.0. The van der Waals surface area contributed by atoms with E-state index in [1.54, 1.807) is 13.2 Å². The molecule has 0 spiro atoms. The summed E-state index contributed by atoms with van der Waals surface area (Å²) >= 11 is 0. The zero-order chi connectivity index (χ0) is 14.2. The van der Waals surface area contributed by atoms with Crippen LogP contribution in [-0.4, -0.2) is 34.3 Å². The molecule has 6 nitrogen and oxygen atoms in total. The molecule has 2 aromatic heterocycles. The van der Waals surface area contributed by atoms with E-state index in [-0.39, 0.29) is 0 Å². The van der Waals surface area contributed by atoms with Gasteiger partial charge in [0.15, 0.2) is 5.96 Å². The maximum absolute atomic E-state index is 4.26. The van der Waals surface area contributed by atoms with E-state index in [2.05, 4.69) is 25.7 Å². The number of rotatable bonds is 5. The van der Waals surface area contributed by atoms with Crippen LogP contribution >= 0.6 is 0 Å². The summed E-state index contributed by atoms with van der Waals surface area (Å²) in [6.45, 7) is 1.47. The minimum atomic E-state index is 0.660. The van der Waals surface area contributed by atoms with Gasteiger partial charge in [-0.1, -0.05) is 6.07 Å². The van der Waals surface area contributed by atoms with E-state index in [9.17, 15) is 0 Å². The van der Waals surface area contributed by atoms with Crippen molar-refractivity contribution in [1.29, 1.82) is 0 Å². The fourth-order valence-electron chi connectivity index (χ4n) is 1.82. The minimum absolute atomic E-state index is 0.660. The highest BCUT2D eigenvalue weighted by Gasteiger charge is 2.00. The Morgan fingerprint density at radius 2 is 2.25 bits per heavy atom. The Bertz CT molecular complexity index is 546. The predicted octanol–water partition coefficient (Wildman–Crippen LogP) is 0.723. The van der Waals surface area contributed by atoms with Gasteiger partial charge in [0.1, 0.15) is 0 Å². The van der Waals surface area contributed by atoms with Gasteiger partial charge in [0.2, 0.25) is 0 Å². The van der Waals surface area contributed by atoms with Crippen LogP contribution in [0.25, 0.3) is 0 Å². The largest absolute Gasteiger partial charge is 0.356 e. The molecule has 0 saturated carbocycles. The lowest BCUT2D eigenvalue weighted by molar-refractivity contribution is 0.764. The summed E-state index contributed by atoms with van der Waals surface area (Å²) < 4.78 is 1.81. The molecule has 0 amide bonds. The molecule has 6 heteroatoms. The maximum atomic E-state index is 4.26. The molecule has 20 heavy (non-hydrogen) atoms. The predicted molar refractivity (Wildman–Crippen MR) is 79.4 cm³/mol. The third-order valence-corrected chi connectivity index (χ3v) is 2.85. The van der Waals surface area contributed by atoms with Crippen LogP contribution in [0.15, 0.2) is 41.8 Å². The van der Waals surface area contributed by atoms with Crippen molar-refractivity contribution < 1.29 is 0 Å².